The highest BCUT2D eigenvalue weighted by Gasteiger charge is 2.30. The summed E-state index contributed by atoms with van der Waals surface area (Å²) in [6.45, 7) is 2.10. The van der Waals surface area contributed by atoms with Crippen LogP contribution in [0.4, 0.5) is 0 Å². The van der Waals surface area contributed by atoms with Crippen LogP contribution in [0.5, 0.6) is 0 Å². The lowest BCUT2D eigenvalue weighted by atomic mass is 9.97. The van der Waals surface area contributed by atoms with Crippen LogP contribution >= 0.6 is 23.8 Å². The first-order valence-corrected chi connectivity index (χ1v) is 7.08. The molecule has 4 nitrogen and oxygen atoms in total. The molecule has 0 bridgehead atoms. The van der Waals surface area contributed by atoms with Crippen LogP contribution in [0.3, 0.4) is 0 Å². The van der Waals surface area contributed by atoms with Crippen LogP contribution in [0.25, 0.3) is 0 Å². The highest BCUT2D eigenvalue weighted by Crippen LogP contribution is 2.24. The molecule has 1 aliphatic heterocycles. The largest absolute Gasteiger partial charge is 0.389 e. The third-order valence-corrected chi connectivity index (χ3v) is 3.90. The Bertz CT molecular complexity index is 571. The molecule has 0 radical (unpaired) electrons. The van der Waals surface area contributed by atoms with E-state index >= 15 is 0 Å². The second kappa shape index (κ2) is 5.89. The van der Waals surface area contributed by atoms with Crippen molar-refractivity contribution >= 4 is 40.6 Å². The first-order valence-electron chi connectivity index (χ1n) is 6.30. The van der Waals surface area contributed by atoms with Gasteiger partial charge in [0.05, 0.1) is 6.54 Å². The summed E-state index contributed by atoms with van der Waals surface area (Å²) in [7, 11) is 0. The number of hydrogen-bond donors (Lipinski definition) is 1. The van der Waals surface area contributed by atoms with Gasteiger partial charge in [-0.05, 0) is 17.5 Å². The monoisotopic (exact) mass is 310 g/mol. The number of rotatable bonds is 3. The second-order valence-electron chi connectivity index (χ2n) is 5.06. The van der Waals surface area contributed by atoms with Crippen molar-refractivity contribution in [2.75, 3.05) is 0 Å². The van der Waals surface area contributed by atoms with Crippen molar-refractivity contribution in [1.82, 2.24) is 4.90 Å². The fraction of sp³-hybridized carbons (Fsp3) is 0.357. The fourth-order valence-corrected chi connectivity index (χ4v) is 2.57. The summed E-state index contributed by atoms with van der Waals surface area (Å²) < 4.78 is 0. The van der Waals surface area contributed by atoms with Crippen LogP contribution < -0.4 is 5.73 Å². The van der Waals surface area contributed by atoms with Crippen LogP contribution in [-0.4, -0.2) is 21.7 Å². The topological polar surface area (TPSA) is 63.4 Å². The molecule has 2 rings (SSSR count). The normalized spacial score (nSPS) is 16.6. The number of amides is 2. The Kier molecular flexibility index (Phi) is 4.40. The summed E-state index contributed by atoms with van der Waals surface area (Å²) in [6, 6.07) is 5.14. The van der Waals surface area contributed by atoms with E-state index in [2.05, 4.69) is 0 Å². The summed E-state index contributed by atoms with van der Waals surface area (Å²) in [5.74, 6) is -0.190. The van der Waals surface area contributed by atoms with Gasteiger partial charge < -0.3 is 5.73 Å². The molecule has 1 fully saturated rings. The lowest BCUT2D eigenvalue weighted by Gasteiger charge is -2.28. The van der Waals surface area contributed by atoms with Crippen molar-refractivity contribution in [3.8, 4) is 0 Å². The van der Waals surface area contributed by atoms with Gasteiger partial charge in [0, 0.05) is 23.4 Å². The predicted octanol–water partition coefficient (Wildman–Crippen LogP) is 2.26. The van der Waals surface area contributed by atoms with Crippen molar-refractivity contribution in [3.05, 3.63) is 34.3 Å². The van der Waals surface area contributed by atoms with E-state index in [1.807, 2.05) is 6.92 Å². The van der Waals surface area contributed by atoms with Gasteiger partial charge in [0.25, 0.3) is 0 Å². The Labute approximate surface area is 127 Å². The molecule has 1 aromatic carbocycles. The molecule has 0 saturated carbocycles. The Balaban J connectivity index is 2.19. The van der Waals surface area contributed by atoms with Crippen LogP contribution in [0.1, 0.15) is 30.9 Å². The van der Waals surface area contributed by atoms with Crippen molar-refractivity contribution in [2.24, 2.45) is 11.7 Å². The molecule has 0 unspecified atom stereocenters. The van der Waals surface area contributed by atoms with Crippen LogP contribution in [0.2, 0.25) is 5.02 Å². The molecule has 20 heavy (non-hydrogen) atoms. The summed E-state index contributed by atoms with van der Waals surface area (Å²) in [5, 5.41) is 0.453. The lowest BCUT2D eigenvalue weighted by molar-refractivity contribution is -0.150. The second-order valence-corrected chi connectivity index (χ2v) is 5.90. The maximum atomic E-state index is 11.9. The third-order valence-electron chi connectivity index (χ3n) is 3.31. The predicted molar refractivity (Wildman–Crippen MR) is 81.3 cm³/mol. The molecule has 1 heterocycles. The van der Waals surface area contributed by atoms with Crippen LogP contribution in [-0.2, 0) is 16.1 Å². The molecule has 2 amide bonds. The molecule has 1 saturated heterocycles. The van der Waals surface area contributed by atoms with Gasteiger partial charge in [0.1, 0.15) is 4.99 Å². The van der Waals surface area contributed by atoms with Gasteiger partial charge in [-0.3, -0.25) is 14.5 Å². The molecule has 0 atom stereocenters. The molecule has 0 aliphatic carbocycles. The maximum Gasteiger partial charge on any atom is 0.229 e. The first-order chi connectivity index (χ1) is 9.38. The molecule has 0 aromatic heterocycles. The van der Waals surface area contributed by atoms with E-state index in [0.717, 1.165) is 0 Å². The average molecular weight is 311 g/mol. The van der Waals surface area contributed by atoms with Gasteiger partial charge in [-0.2, -0.15) is 0 Å². The average Bonchev–Trinajstić information content (AvgIpc) is 2.34. The Morgan fingerprint density at radius 2 is 2.00 bits per heavy atom. The summed E-state index contributed by atoms with van der Waals surface area (Å²) in [4.78, 5) is 25.4. The Morgan fingerprint density at radius 1 is 1.40 bits per heavy atom. The van der Waals surface area contributed by atoms with E-state index in [1.54, 1.807) is 18.2 Å². The highest BCUT2D eigenvalue weighted by atomic mass is 35.5. The quantitative estimate of drug-likeness (QED) is 0.687. The van der Waals surface area contributed by atoms with E-state index < -0.39 is 0 Å². The molecule has 1 aromatic rings. The van der Waals surface area contributed by atoms with Crippen molar-refractivity contribution in [1.29, 1.82) is 0 Å². The molecule has 6 heteroatoms. The Hall–Kier alpha value is -1.46. The maximum absolute atomic E-state index is 11.9. The van der Waals surface area contributed by atoms with Crippen molar-refractivity contribution in [2.45, 2.75) is 26.3 Å². The fourth-order valence-electron chi connectivity index (χ4n) is 2.20. The van der Waals surface area contributed by atoms with Crippen LogP contribution in [0.15, 0.2) is 18.2 Å². The third kappa shape index (κ3) is 3.16. The number of carbonyl (C=O) groups excluding carboxylic acids is 2. The zero-order chi connectivity index (χ0) is 14.9. The van der Waals surface area contributed by atoms with Gasteiger partial charge in [-0.25, -0.2) is 0 Å². The zero-order valence-electron chi connectivity index (χ0n) is 11.1. The Morgan fingerprint density at radius 3 is 2.50 bits per heavy atom. The summed E-state index contributed by atoms with van der Waals surface area (Å²) in [6.07, 6.45) is 0.794. The molecule has 1 aliphatic rings. The van der Waals surface area contributed by atoms with E-state index in [4.69, 9.17) is 29.6 Å². The van der Waals surface area contributed by atoms with E-state index in [9.17, 15) is 9.59 Å². The minimum Gasteiger partial charge on any atom is -0.389 e. The number of nitrogens with zero attached hydrogens (tertiary/aromatic N) is 1. The minimum atomic E-state index is -0.150. The molecular weight excluding hydrogens is 296 g/mol. The number of halogens is 1. The number of piperidine rings is 1. The molecule has 2 N–H and O–H groups in total. The number of thiocarbonyl (C=S) groups is 1. The number of hydrogen-bond acceptors (Lipinski definition) is 3. The van der Waals surface area contributed by atoms with Crippen molar-refractivity contribution in [3.63, 3.8) is 0 Å². The van der Waals surface area contributed by atoms with Gasteiger partial charge in [0.15, 0.2) is 0 Å². The number of likely N-dealkylation sites (tertiary alicyclic amines) is 1. The number of carbonyl (C=O) groups is 2. The standard InChI is InChI=1S/C14H15ClN2O2S/c1-8-4-12(18)17(13(19)5-8)7-10-3-2-9(14(16)20)6-11(10)15/h2-3,6,8H,4-5,7H2,1H3,(H2,16,20). The van der Waals surface area contributed by atoms with Gasteiger partial charge in [0.2, 0.25) is 11.8 Å². The van der Waals surface area contributed by atoms with E-state index in [0.29, 0.717) is 29.0 Å². The van der Waals surface area contributed by atoms with E-state index in [1.165, 1.54) is 4.90 Å². The number of nitrogens with two attached hydrogens (primary N) is 1. The highest BCUT2D eigenvalue weighted by molar-refractivity contribution is 7.80. The summed E-state index contributed by atoms with van der Waals surface area (Å²) in [5.41, 5.74) is 6.91. The van der Waals surface area contributed by atoms with E-state index in [-0.39, 0.29) is 29.3 Å². The molecular formula is C14H15ClN2O2S. The minimum absolute atomic E-state index is 0.110. The van der Waals surface area contributed by atoms with Crippen molar-refractivity contribution < 1.29 is 9.59 Å². The van der Waals surface area contributed by atoms with Gasteiger partial charge in [-0.1, -0.05) is 42.9 Å². The van der Waals surface area contributed by atoms with Gasteiger partial charge in [-0.15, -0.1) is 0 Å². The SMILES string of the molecule is CC1CC(=O)N(Cc2ccc(C(N)=S)cc2Cl)C(=O)C1. The van der Waals surface area contributed by atoms with Crippen LogP contribution in [0, 0.1) is 5.92 Å². The molecule has 0 spiro atoms. The zero-order valence-corrected chi connectivity index (χ0v) is 12.6. The number of imide groups is 1. The van der Waals surface area contributed by atoms with Gasteiger partial charge >= 0.3 is 0 Å². The summed E-state index contributed by atoms with van der Waals surface area (Å²) >= 11 is 11.0. The first kappa shape index (κ1) is 14.9. The smallest absolute Gasteiger partial charge is 0.229 e. The number of benzene rings is 1. The lowest BCUT2D eigenvalue weighted by Crippen LogP contribution is -2.42. The molecule has 106 valence electrons.